The number of carboxylic acid groups (broad SMARTS) is 1. The summed E-state index contributed by atoms with van der Waals surface area (Å²) in [4.78, 5) is 20.2. The molecule has 0 radical (unpaired) electrons. The Balaban J connectivity index is 1.94. The summed E-state index contributed by atoms with van der Waals surface area (Å²) >= 11 is 0. The van der Waals surface area contributed by atoms with E-state index < -0.39 is 20.7 Å². The molecule has 1 aliphatic heterocycles. The van der Waals surface area contributed by atoms with Crippen molar-refractivity contribution >= 4 is 15.8 Å². The molecule has 150 valence electrons. The molecule has 0 bridgehead atoms. The highest BCUT2D eigenvalue weighted by atomic mass is 32.2. The van der Waals surface area contributed by atoms with Gasteiger partial charge in [-0.15, -0.1) is 5.06 Å². The smallest absolute Gasteiger partial charge is 0.348 e. The zero-order valence-electron chi connectivity index (χ0n) is 15.5. The third-order valence-corrected chi connectivity index (χ3v) is 7.43. The van der Waals surface area contributed by atoms with Gasteiger partial charge in [0.25, 0.3) is 4.87 Å². The molecule has 2 atom stereocenters. The molecule has 1 fully saturated rings. The number of rotatable bonds is 5. The Bertz CT molecular complexity index is 1070. The van der Waals surface area contributed by atoms with Gasteiger partial charge in [0.1, 0.15) is 5.75 Å². The average Bonchev–Trinajstić information content (AvgIpc) is 2.74. The fourth-order valence-corrected chi connectivity index (χ4v) is 5.86. The number of aliphatic carboxylic acids is 1. The Hall–Kier alpha value is -2.97. The zero-order chi connectivity index (χ0) is 20.5. The third kappa shape index (κ3) is 3.04. The van der Waals surface area contributed by atoms with Gasteiger partial charge >= 0.3 is 5.97 Å². The van der Waals surface area contributed by atoms with Crippen LogP contribution in [-0.2, 0) is 14.6 Å². The van der Waals surface area contributed by atoms with Gasteiger partial charge in [0.15, 0.2) is 5.03 Å². The number of carboxylic acids is 1. The lowest BCUT2D eigenvalue weighted by atomic mass is 9.81. The van der Waals surface area contributed by atoms with E-state index >= 15 is 0 Å². The molecule has 2 aromatic rings. The topological polar surface area (TPSA) is 96.8 Å². The number of allylic oxidation sites excluding steroid dienone is 3. The monoisotopic (exact) mass is 412 g/mol. The Morgan fingerprint density at radius 3 is 2.62 bits per heavy atom. The van der Waals surface area contributed by atoms with Crippen LogP contribution < -0.4 is 4.84 Å². The maximum atomic E-state index is 13.8. The number of hydrogen-bond donors (Lipinski definition) is 1. The molecule has 2 unspecified atom stereocenters. The summed E-state index contributed by atoms with van der Waals surface area (Å²) in [6.45, 7) is 0.142. The molecule has 8 heteroatoms. The van der Waals surface area contributed by atoms with Gasteiger partial charge in [-0.05, 0) is 48.6 Å². The van der Waals surface area contributed by atoms with E-state index in [1.165, 1.54) is 18.3 Å². The number of sulfone groups is 1. The second-order valence-corrected chi connectivity index (χ2v) is 8.91. The van der Waals surface area contributed by atoms with E-state index in [4.69, 9.17) is 4.84 Å². The quantitative estimate of drug-likeness (QED) is 0.806. The van der Waals surface area contributed by atoms with Crippen LogP contribution in [0.4, 0.5) is 0 Å². The van der Waals surface area contributed by atoms with Gasteiger partial charge in [0.2, 0.25) is 9.84 Å². The fourth-order valence-electron chi connectivity index (χ4n) is 3.93. The molecule has 2 heterocycles. The average molecular weight is 412 g/mol. The second-order valence-electron chi connectivity index (χ2n) is 6.90. The molecule has 4 rings (SSSR count). The summed E-state index contributed by atoms with van der Waals surface area (Å²) in [6, 6.07) is 13.0. The zero-order valence-corrected chi connectivity index (χ0v) is 16.3. The predicted molar refractivity (Wildman–Crippen MR) is 106 cm³/mol. The Kier molecular flexibility index (Phi) is 4.97. The largest absolute Gasteiger partial charge is 0.479 e. The van der Waals surface area contributed by atoms with E-state index in [0.29, 0.717) is 24.2 Å². The van der Waals surface area contributed by atoms with Crippen molar-refractivity contribution in [1.82, 2.24) is 10.0 Å². The Morgan fingerprint density at radius 1 is 1.17 bits per heavy atom. The second kappa shape index (κ2) is 7.46. The standard InChI is InChI=1S/C21H20N2O5S/c24-20(25)21(29(26,27)19-12-6-7-14-22-19)18-11-5-4-8-16(18)13-15-23(21)28-17-9-2-1-3-10-17/h1-7,9-12,14,16H,8,13,15H2,(H,24,25). The lowest BCUT2D eigenvalue weighted by molar-refractivity contribution is -0.168. The van der Waals surface area contributed by atoms with E-state index in [1.54, 1.807) is 48.6 Å². The highest BCUT2D eigenvalue weighted by molar-refractivity contribution is 7.93. The van der Waals surface area contributed by atoms with Crippen molar-refractivity contribution in [1.29, 1.82) is 0 Å². The molecule has 1 saturated heterocycles. The maximum Gasteiger partial charge on any atom is 0.348 e. The molecular weight excluding hydrogens is 392 g/mol. The maximum absolute atomic E-state index is 13.8. The summed E-state index contributed by atoms with van der Waals surface area (Å²) in [6.07, 6.45) is 7.70. The van der Waals surface area contributed by atoms with Crippen LogP contribution in [0.25, 0.3) is 0 Å². The molecule has 1 aromatic carbocycles. The summed E-state index contributed by atoms with van der Waals surface area (Å²) in [7, 11) is -4.47. The van der Waals surface area contributed by atoms with Gasteiger partial charge in [0, 0.05) is 12.7 Å². The van der Waals surface area contributed by atoms with Crippen LogP contribution in [0.1, 0.15) is 12.8 Å². The normalized spacial score (nSPS) is 24.4. The first kappa shape index (κ1) is 19.4. The van der Waals surface area contributed by atoms with Crippen LogP contribution in [0.5, 0.6) is 5.75 Å². The van der Waals surface area contributed by atoms with Crippen molar-refractivity contribution in [3.05, 3.63) is 78.5 Å². The summed E-state index contributed by atoms with van der Waals surface area (Å²) < 4.78 is 27.6. The van der Waals surface area contributed by atoms with Crippen molar-refractivity contribution in [2.45, 2.75) is 22.7 Å². The van der Waals surface area contributed by atoms with Gasteiger partial charge in [-0.25, -0.2) is 18.2 Å². The first-order valence-corrected chi connectivity index (χ1v) is 10.7. The number of fused-ring (bicyclic) bond motifs is 1. The number of hydroxylamine groups is 2. The first-order valence-electron chi connectivity index (χ1n) is 9.25. The van der Waals surface area contributed by atoms with E-state index in [0.717, 1.165) is 5.06 Å². The minimum atomic E-state index is -4.47. The fraction of sp³-hybridized carbons (Fsp3) is 0.238. The number of nitrogens with zero attached hydrogens (tertiary/aromatic N) is 2. The summed E-state index contributed by atoms with van der Waals surface area (Å²) in [5.41, 5.74) is 0.292. The molecule has 1 aromatic heterocycles. The Labute approximate surface area is 168 Å². The molecular formula is C21H20N2O5S. The van der Waals surface area contributed by atoms with Crippen molar-refractivity contribution in [2.75, 3.05) is 6.54 Å². The van der Waals surface area contributed by atoms with E-state index in [9.17, 15) is 18.3 Å². The number of carbonyl (C=O) groups is 1. The van der Waals surface area contributed by atoms with Gasteiger partial charge in [0.05, 0.1) is 0 Å². The van der Waals surface area contributed by atoms with Gasteiger partial charge < -0.3 is 9.94 Å². The van der Waals surface area contributed by atoms with Gasteiger partial charge in [-0.1, -0.05) is 42.5 Å². The summed E-state index contributed by atoms with van der Waals surface area (Å²) in [5.74, 6) is -1.35. The first-order chi connectivity index (χ1) is 14.0. The molecule has 1 N–H and O–H groups in total. The van der Waals surface area contributed by atoms with E-state index in [-0.39, 0.29) is 17.5 Å². The van der Waals surface area contributed by atoms with Crippen molar-refractivity contribution in [2.24, 2.45) is 5.92 Å². The Morgan fingerprint density at radius 2 is 1.93 bits per heavy atom. The van der Waals surface area contributed by atoms with Crippen LogP contribution >= 0.6 is 0 Å². The van der Waals surface area contributed by atoms with Crippen molar-refractivity contribution in [3.63, 3.8) is 0 Å². The number of pyridine rings is 1. The number of benzene rings is 1. The molecule has 29 heavy (non-hydrogen) atoms. The lowest BCUT2D eigenvalue weighted by Gasteiger charge is -2.46. The number of aromatic nitrogens is 1. The third-order valence-electron chi connectivity index (χ3n) is 5.25. The lowest BCUT2D eigenvalue weighted by Crippen LogP contribution is -2.66. The number of hydrogen-bond acceptors (Lipinski definition) is 6. The highest BCUT2D eigenvalue weighted by Crippen LogP contribution is 2.46. The summed E-state index contributed by atoms with van der Waals surface area (Å²) in [5, 5.41) is 11.2. The molecule has 0 saturated carbocycles. The van der Waals surface area contributed by atoms with E-state index in [2.05, 4.69) is 4.98 Å². The van der Waals surface area contributed by atoms with E-state index in [1.807, 2.05) is 6.08 Å². The van der Waals surface area contributed by atoms with Crippen LogP contribution in [-0.4, -0.2) is 41.0 Å². The highest BCUT2D eigenvalue weighted by Gasteiger charge is 2.64. The molecule has 2 aliphatic rings. The van der Waals surface area contributed by atoms with Gasteiger partial charge in [-0.2, -0.15) is 0 Å². The van der Waals surface area contributed by atoms with Crippen LogP contribution in [0.2, 0.25) is 0 Å². The predicted octanol–water partition coefficient (Wildman–Crippen LogP) is 2.84. The molecule has 1 aliphatic carbocycles. The minimum absolute atomic E-state index is 0.142. The van der Waals surface area contributed by atoms with Crippen LogP contribution in [0.3, 0.4) is 0 Å². The van der Waals surface area contributed by atoms with Crippen LogP contribution in [0, 0.1) is 5.92 Å². The van der Waals surface area contributed by atoms with Crippen LogP contribution in [0.15, 0.2) is 83.6 Å². The molecule has 7 nitrogen and oxygen atoms in total. The van der Waals surface area contributed by atoms with Crippen molar-refractivity contribution < 1.29 is 23.2 Å². The number of piperidine rings is 1. The molecule has 0 amide bonds. The van der Waals surface area contributed by atoms with Gasteiger partial charge in [-0.3, -0.25) is 0 Å². The minimum Gasteiger partial charge on any atom is -0.479 e. The molecule has 0 spiro atoms. The number of para-hydroxylation sites is 1. The SMILES string of the molecule is O=C(O)C1(S(=O)(=O)c2ccccn2)C2=CC=CCC2CCN1Oc1ccccc1. The van der Waals surface area contributed by atoms with Crippen molar-refractivity contribution in [3.8, 4) is 5.75 Å².